The Balaban J connectivity index is 1.56. The summed E-state index contributed by atoms with van der Waals surface area (Å²) in [6.07, 6.45) is 7.40. The third-order valence-corrected chi connectivity index (χ3v) is 5.59. The van der Waals surface area contributed by atoms with Crippen LogP contribution in [0.4, 0.5) is 11.6 Å². The van der Waals surface area contributed by atoms with Gasteiger partial charge in [-0.2, -0.15) is 0 Å². The number of aliphatic hydroxyl groups excluding tert-OH is 1. The smallest absolute Gasteiger partial charge is 0.245 e. The second kappa shape index (κ2) is 7.11. The van der Waals surface area contributed by atoms with E-state index in [0.29, 0.717) is 23.3 Å². The van der Waals surface area contributed by atoms with Gasteiger partial charge < -0.3 is 15.3 Å². The average molecular weight is 346 g/mol. The number of hydrogen-bond acceptors (Lipinski definition) is 8. The Kier molecular flexibility index (Phi) is 4.70. The summed E-state index contributed by atoms with van der Waals surface area (Å²) >= 11 is 0. The summed E-state index contributed by atoms with van der Waals surface area (Å²) in [5.74, 6) is 1.99. The van der Waals surface area contributed by atoms with E-state index in [1.807, 2.05) is 6.92 Å². The first-order chi connectivity index (χ1) is 12.2. The molecule has 2 N–H and O–H groups in total. The van der Waals surface area contributed by atoms with Crippen LogP contribution in [0.5, 0.6) is 0 Å². The van der Waals surface area contributed by atoms with Gasteiger partial charge >= 0.3 is 0 Å². The number of nitrogens with zero attached hydrogens (tertiary/aromatic N) is 5. The maximum atomic E-state index is 10.1. The first kappa shape index (κ1) is 16.5. The molecule has 1 aliphatic heterocycles. The summed E-state index contributed by atoms with van der Waals surface area (Å²) < 4.78 is 4.79. The molecule has 25 heavy (non-hydrogen) atoms. The first-order valence-electron chi connectivity index (χ1n) is 9.44. The Morgan fingerprint density at radius 3 is 2.48 bits per heavy atom. The van der Waals surface area contributed by atoms with Gasteiger partial charge in [0.2, 0.25) is 11.3 Å². The molecule has 1 saturated carbocycles. The van der Waals surface area contributed by atoms with E-state index in [1.54, 1.807) is 0 Å². The lowest BCUT2D eigenvalue weighted by Crippen LogP contribution is -2.38. The topological polar surface area (TPSA) is 100 Å². The fourth-order valence-corrected chi connectivity index (χ4v) is 4.04. The van der Waals surface area contributed by atoms with Crippen molar-refractivity contribution in [1.82, 2.24) is 20.3 Å². The van der Waals surface area contributed by atoms with Crippen LogP contribution in [-0.4, -0.2) is 50.6 Å². The molecule has 0 bridgehead atoms. The number of aromatic nitrogens is 4. The quantitative estimate of drug-likeness (QED) is 0.851. The minimum atomic E-state index is -0.202. The highest BCUT2D eigenvalue weighted by atomic mass is 16.6. The Morgan fingerprint density at radius 2 is 1.80 bits per heavy atom. The second-order valence-electron chi connectivity index (χ2n) is 7.23. The molecular formula is C17H26N6O2. The number of hydrogen-bond donors (Lipinski definition) is 2. The van der Waals surface area contributed by atoms with Gasteiger partial charge in [0.25, 0.3) is 0 Å². The normalized spacial score (nSPS) is 21.1. The predicted molar refractivity (Wildman–Crippen MR) is 94.5 cm³/mol. The van der Waals surface area contributed by atoms with Crippen LogP contribution >= 0.6 is 0 Å². The Hall–Kier alpha value is -1.96. The van der Waals surface area contributed by atoms with Crippen LogP contribution in [0.3, 0.4) is 0 Å². The molecule has 8 nitrogen and oxygen atoms in total. The van der Waals surface area contributed by atoms with Crippen molar-refractivity contribution in [2.24, 2.45) is 5.92 Å². The first-order valence-corrected chi connectivity index (χ1v) is 9.44. The molecule has 1 atom stereocenters. The minimum absolute atomic E-state index is 0.202. The molecule has 0 aromatic carbocycles. The van der Waals surface area contributed by atoms with Gasteiger partial charge in [-0.15, -0.1) is 0 Å². The van der Waals surface area contributed by atoms with Gasteiger partial charge in [-0.3, -0.25) is 0 Å². The third kappa shape index (κ3) is 3.40. The Morgan fingerprint density at radius 1 is 1.12 bits per heavy atom. The molecule has 0 radical (unpaired) electrons. The van der Waals surface area contributed by atoms with E-state index in [-0.39, 0.29) is 6.10 Å². The molecule has 2 aliphatic rings. The predicted octanol–water partition coefficient (Wildman–Crippen LogP) is 2.35. The summed E-state index contributed by atoms with van der Waals surface area (Å²) in [4.78, 5) is 11.5. The second-order valence-corrected chi connectivity index (χ2v) is 7.23. The lowest BCUT2D eigenvalue weighted by Gasteiger charge is -2.35. The molecule has 8 heteroatoms. The van der Waals surface area contributed by atoms with Gasteiger partial charge in [0.05, 0.1) is 6.10 Å². The molecule has 1 saturated heterocycles. The summed E-state index contributed by atoms with van der Waals surface area (Å²) in [5, 5.41) is 21.4. The number of fused-ring (bicyclic) bond motifs is 1. The minimum Gasteiger partial charge on any atom is -0.393 e. The van der Waals surface area contributed by atoms with Crippen molar-refractivity contribution in [3.63, 3.8) is 0 Å². The fraction of sp³-hybridized carbons (Fsp3) is 0.765. The van der Waals surface area contributed by atoms with Crippen molar-refractivity contribution < 1.29 is 9.74 Å². The summed E-state index contributed by atoms with van der Waals surface area (Å²) in [7, 11) is 0. The van der Waals surface area contributed by atoms with Gasteiger partial charge in [-0.05, 0) is 48.3 Å². The van der Waals surface area contributed by atoms with Crippen molar-refractivity contribution in [2.45, 2.75) is 64.0 Å². The van der Waals surface area contributed by atoms with Crippen LogP contribution in [0.15, 0.2) is 4.63 Å². The van der Waals surface area contributed by atoms with Crippen LogP contribution in [0.1, 0.15) is 51.9 Å². The molecule has 2 aromatic rings. The number of rotatable bonds is 5. The third-order valence-electron chi connectivity index (χ3n) is 5.59. The maximum Gasteiger partial charge on any atom is 0.245 e. The largest absolute Gasteiger partial charge is 0.393 e. The van der Waals surface area contributed by atoms with Crippen molar-refractivity contribution in [3.05, 3.63) is 0 Å². The van der Waals surface area contributed by atoms with Crippen LogP contribution in [0.25, 0.3) is 11.3 Å². The monoisotopic (exact) mass is 346 g/mol. The van der Waals surface area contributed by atoms with E-state index in [2.05, 4.69) is 30.5 Å². The molecule has 3 heterocycles. The maximum absolute atomic E-state index is 10.1. The number of nitrogens with one attached hydrogen (secondary N) is 1. The van der Waals surface area contributed by atoms with E-state index in [0.717, 1.165) is 44.0 Å². The summed E-state index contributed by atoms with van der Waals surface area (Å²) in [6, 6.07) is 0.449. The molecule has 1 aliphatic carbocycles. The van der Waals surface area contributed by atoms with E-state index >= 15 is 0 Å². The Bertz CT molecular complexity index is 706. The zero-order valence-corrected chi connectivity index (χ0v) is 14.7. The number of aliphatic hydroxyl groups is 1. The van der Waals surface area contributed by atoms with Gasteiger partial charge in [0, 0.05) is 19.1 Å². The summed E-state index contributed by atoms with van der Waals surface area (Å²) in [5.41, 5.74) is 0.892. The SMILES string of the molecule is CCC(O)C1CCN(c2nc3nonc3nc2NC2CCCC2)CC1. The van der Waals surface area contributed by atoms with Gasteiger partial charge in [-0.1, -0.05) is 19.8 Å². The van der Waals surface area contributed by atoms with Crippen LogP contribution < -0.4 is 10.2 Å². The van der Waals surface area contributed by atoms with E-state index in [9.17, 15) is 5.11 Å². The van der Waals surface area contributed by atoms with E-state index in [1.165, 1.54) is 25.7 Å². The van der Waals surface area contributed by atoms with E-state index in [4.69, 9.17) is 4.63 Å². The zero-order valence-electron chi connectivity index (χ0n) is 14.7. The van der Waals surface area contributed by atoms with Crippen LogP contribution in [-0.2, 0) is 0 Å². The Labute approximate surface area is 147 Å². The number of anilines is 2. The van der Waals surface area contributed by atoms with Gasteiger partial charge in [0.15, 0.2) is 11.6 Å². The van der Waals surface area contributed by atoms with Crippen molar-refractivity contribution in [2.75, 3.05) is 23.3 Å². The lowest BCUT2D eigenvalue weighted by molar-refractivity contribution is 0.0892. The van der Waals surface area contributed by atoms with Crippen LogP contribution in [0.2, 0.25) is 0 Å². The fourth-order valence-electron chi connectivity index (χ4n) is 4.04. The molecule has 2 aromatic heterocycles. The van der Waals surface area contributed by atoms with Crippen molar-refractivity contribution in [3.8, 4) is 0 Å². The standard InChI is InChI=1S/C17H26N6O2/c1-2-13(24)11-7-9-23(10-8-11)17-16(18-12-5-3-4-6-12)19-14-15(20-17)22-25-21-14/h11-13,24H,2-10H2,1H3,(H,18,19,21). The number of piperidine rings is 1. The average Bonchev–Trinajstić information content (AvgIpc) is 3.32. The molecule has 0 amide bonds. The molecule has 1 unspecified atom stereocenters. The van der Waals surface area contributed by atoms with Gasteiger partial charge in [-0.25, -0.2) is 14.6 Å². The summed E-state index contributed by atoms with van der Waals surface area (Å²) in [6.45, 7) is 3.77. The highest BCUT2D eigenvalue weighted by Gasteiger charge is 2.28. The molecule has 2 fully saturated rings. The highest BCUT2D eigenvalue weighted by Crippen LogP contribution is 2.32. The molecule has 0 spiro atoms. The molecule has 136 valence electrons. The van der Waals surface area contributed by atoms with Crippen molar-refractivity contribution >= 4 is 22.9 Å². The van der Waals surface area contributed by atoms with Crippen molar-refractivity contribution in [1.29, 1.82) is 0 Å². The van der Waals surface area contributed by atoms with E-state index < -0.39 is 0 Å². The van der Waals surface area contributed by atoms with Gasteiger partial charge in [0.1, 0.15) is 0 Å². The lowest BCUT2D eigenvalue weighted by atomic mass is 9.90. The van der Waals surface area contributed by atoms with Crippen LogP contribution in [0, 0.1) is 5.92 Å². The highest BCUT2D eigenvalue weighted by molar-refractivity contribution is 5.74. The molecular weight excluding hydrogens is 320 g/mol. The molecule has 4 rings (SSSR count). The zero-order chi connectivity index (χ0) is 17.2.